The summed E-state index contributed by atoms with van der Waals surface area (Å²) in [7, 11) is 0. The molecule has 2 N–H and O–H groups in total. The molecule has 0 spiro atoms. The molecule has 4 heteroatoms. The van der Waals surface area contributed by atoms with Gasteiger partial charge in [-0.25, -0.2) is 0 Å². The Kier molecular flexibility index (Phi) is 2.74. The van der Waals surface area contributed by atoms with E-state index in [-0.39, 0.29) is 12.5 Å². The number of amides is 1. The largest absolute Gasteiger partial charge is 0.395 e. The molecule has 1 amide bonds. The summed E-state index contributed by atoms with van der Waals surface area (Å²) in [6.07, 6.45) is 3.74. The van der Waals surface area contributed by atoms with E-state index in [1.165, 1.54) is 19.3 Å². The second-order valence-corrected chi connectivity index (χ2v) is 4.44. The highest BCUT2D eigenvalue weighted by atomic mass is 16.5. The van der Waals surface area contributed by atoms with Crippen molar-refractivity contribution in [1.82, 2.24) is 5.32 Å². The van der Waals surface area contributed by atoms with Crippen LogP contribution in [-0.2, 0) is 9.53 Å². The molecule has 1 aliphatic carbocycles. The lowest BCUT2D eigenvalue weighted by Gasteiger charge is -2.38. The van der Waals surface area contributed by atoms with Crippen LogP contribution in [0.15, 0.2) is 0 Å². The van der Waals surface area contributed by atoms with Crippen LogP contribution >= 0.6 is 0 Å². The quantitative estimate of drug-likeness (QED) is 0.665. The van der Waals surface area contributed by atoms with Gasteiger partial charge in [0.1, 0.15) is 5.41 Å². The molecule has 1 aliphatic heterocycles. The van der Waals surface area contributed by atoms with Crippen LogP contribution in [0.1, 0.15) is 19.3 Å². The molecule has 80 valence electrons. The zero-order valence-electron chi connectivity index (χ0n) is 8.29. The second kappa shape index (κ2) is 3.87. The molecule has 0 aromatic rings. The maximum Gasteiger partial charge on any atom is 0.233 e. The van der Waals surface area contributed by atoms with Crippen LogP contribution < -0.4 is 5.32 Å². The number of aliphatic hydroxyl groups is 1. The summed E-state index contributed by atoms with van der Waals surface area (Å²) in [5.74, 6) is 0.619. The van der Waals surface area contributed by atoms with E-state index in [1.807, 2.05) is 0 Å². The predicted octanol–water partition coefficient (Wildman–Crippen LogP) is -0.0884. The van der Waals surface area contributed by atoms with E-state index in [4.69, 9.17) is 9.84 Å². The van der Waals surface area contributed by atoms with Gasteiger partial charge >= 0.3 is 0 Å². The van der Waals surface area contributed by atoms with Gasteiger partial charge in [-0.3, -0.25) is 4.79 Å². The third-order valence-corrected chi connectivity index (χ3v) is 3.32. The van der Waals surface area contributed by atoms with Gasteiger partial charge in [-0.05, 0) is 18.8 Å². The Bertz CT molecular complexity index is 216. The molecular formula is C10H17NO3. The highest BCUT2D eigenvalue weighted by Gasteiger charge is 2.45. The number of nitrogens with one attached hydrogen (secondary N) is 1. The summed E-state index contributed by atoms with van der Waals surface area (Å²) in [5.41, 5.74) is -0.635. The Labute approximate surface area is 83.6 Å². The zero-order valence-corrected chi connectivity index (χ0v) is 8.29. The number of hydrogen-bond acceptors (Lipinski definition) is 3. The van der Waals surface area contributed by atoms with E-state index in [9.17, 15) is 4.79 Å². The van der Waals surface area contributed by atoms with Crippen LogP contribution in [-0.4, -0.2) is 37.4 Å². The van der Waals surface area contributed by atoms with Crippen molar-refractivity contribution in [3.05, 3.63) is 0 Å². The third-order valence-electron chi connectivity index (χ3n) is 3.32. The monoisotopic (exact) mass is 199 g/mol. The van der Waals surface area contributed by atoms with E-state index >= 15 is 0 Å². The van der Waals surface area contributed by atoms with E-state index in [2.05, 4.69) is 5.32 Å². The van der Waals surface area contributed by atoms with Crippen LogP contribution in [0.2, 0.25) is 0 Å². The van der Waals surface area contributed by atoms with E-state index in [0.29, 0.717) is 19.1 Å². The minimum Gasteiger partial charge on any atom is -0.395 e. The van der Waals surface area contributed by atoms with Crippen molar-refractivity contribution in [1.29, 1.82) is 0 Å². The maximum absolute atomic E-state index is 11.7. The van der Waals surface area contributed by atoms with Gasteiger partial charge in [0, 0.05) is 6.54 Å². The van der Waals surface area contributed by atoms with Gasteiger partial charge in [0.2, 0.25) is 5.91 Å². The van der Waals surface area contributed by atoms with Crippen LogP contribution in [0.25, 0.3) is 0 Å². The molecule has 0 bridgehead atoms. The molecule has 0 radical (unpaired) electrons. The van der Waals surface area contributed by atoms with Crippen LogP contribution in [0.3, 0.4) is 0 Å². The van der Waals surface area contributed by atoms with Crippen molar-refractivity contribution in [3.63, 3.8) is 0 Å². The summed E-state index contributed by atoms with van der Waals surface area (Å²) in [6, 6.07) is 0. The molecular weight excluding hydrogens is 182 g/mol. The molecule has 2 rings (SSSR count). The van der Waals surface area contributed by atoms with Gasteiger partial charge < -0.3 is 15.2 Å². The van der Waals surface area contributed by atoms with Gasteiger partial charge in [-0.2, -0.15) is 0 Å². The fraction of sp³-hybridized carbons (Fsp3) is 0.900. The molecule has 0 aromatic heterocycles. The van der Waals surface area contributed by atoms with Crippen molar-refractivity contribution < 1.29 is 14.6 Å². The molecule has 0 atom stereocenters. The maximum atomic E-state index is 11.7. The predicted molar refractivity (Wildman–Crippen MR) is 50.7 cm³/mol. The molecule has 0 unspecified atom stereocenters. The van der Waals surface area contributed by atoms with Crippen molar-refractivity contribution in [2.24, 2.45) is 11.3 Å². The standard InChI is InChI=1S/C10H17NO3/c12-5-10(6-14-7-10)9(13)11-4-8-2-1-3-8/h8,12H,1-7H2,(H,11,13). The minimum atomic E-state index is -0.635. The van der Waals surface area contributed by atoms with Crippen LogP contribution in [0.4, 0.5) is 0 Å². The average molecular weight is 199 g/mol. The number of hydrogen-bond donors (Lipinski definition) is 2. The molecule has 1 saturated carbocycles. The lowest BCUT2D eigenvalue weighted by Crippen LogP contribution is -2.57. The molecule has 14 heavy (non-hydrogen) atoms. The summed E-state index contributed by atoms with van der Waals surface area (Å²) in [5, 5.41) is 12.0. The number of carbonyl (C=O) groups excluding carboxylic acids is 1. The molecule has 4 nitrogen and oxygen atoms in total. The summed E-state index contributed by atoms with van der Waals surface area (Å²) >= 11 is 0. The molecule has 1 saturated heterocycles. The molecule has 2 fully saturated rings. The first-order valence-corrected chi connectivity index (χ1v) is 5.24. The van der Waals surface area contributed by atoms with Crippen molar-refractivity contribution in [3.8, 4) is 0 Å². The lowest BCUT2D eigenvalue weighted by molar-refractivity contribution is -0.170. The highest BCUT2D eigenvalue weighted by Crippen LogP contribution is 2.28. The fourth-order valence-electron chi connectivity index (χ4n) is 1.76. The molecule has 0 aromatic carbocycles. The summed E-state index contributed by atoms with van der Waals surface area (Å²) in [4.78, 5) is 11.7. The van der Waals surface area contributed by atoms with E-state index in [0.717, 1.165) is 6.54 Å². The summed E-state index contributed by atoms with van der Waals surface area (Å²) in [6.45, 7) is 1.38. The second-order valence-electron chi connectivity index (χ2n) is 4.44. The van der Waals surface area contributed by atoms with E-state index in [1.54, 1.807) is 0 Å². The number of rotatable bonds is 4. The average Bonchev–Trinajstić information content (AvgIpc) is 2.00. The SMILES string of the molecule is O=C(NCC1CCC1)C1(CO)COC1. The Morgan fingerprint density at radius 2 is 2.21 bits per heavy atom. The Morgan fingerprint density at radius 1 is 1.50 bits per heavy atom. The number of carbonyl (C=O) groups is 1. The third kappa shape index (κ3) is 1.64. The fourth-order valence-corrected chi connectivity index (χ4v) is 1.76. The Hall–Kier alpha value is -0.610. The van der Waals surface area contributed by atoms with E-state index < -0.39 is 5.41 Å². The number of ether oxygens (including phenoxy) is 1. The number of aliphatic hydroxyl groups excluding tert-OH is 1. The molecule has 1 heterocycles. The van der Waals surface area contributed by atoms with Gasteiger partial charge in [0.25, 0.3) is 0 Å². The van der Waals surface area contributed by atoms with Gasteiger partial charge in [0.05, 0.1) is 19.8 Å². The van der Waals surface area contributed by atoms with Crippen molar-refractivity contribution >= 4 is 5.91 Å². The Morgan fingerprint density at radius 3 is 2.57 bits per heavy atom. The Balaban J connectivity index is 1.76. The van der Waals surface area contributed by atoms with Gasteiger partial charge in [0.15, 0.2) is 0 Å². The van der Waals surface area contributed by atoms with Crippen LogP contribution in [0, 0.1) is 11.3 Å². The minimum absolute atomic E-state index is 0.0434. The van der Waals surface area contributed by atoms with Crippen LogP contribution in [0.5, 0.6) is 0 Å². The van der Waals surface area contributed by atoms with Crippen molar-refractivity contribution in [2.45, 2.75) is 19.3 Å². The first-order valence-electron chi connectivity index (χ1n) is 5.24. The van der Waals surface area contributed by atoms with Gasteiger partial charge in [-0.15, -0.1) is 0 Å². The lowest BCUT2D eigenvalue weighted by atomic mass is 9.83. The smallest absolute Gasteiger partial charge is 0.233 e. The van der Waals surface area contributed by atoms with Crippen molar-refractivity contribution in [2.75, 3.05) is 26.4 Å². The first-order chi connectivity index (χ1) is 6.77. The first kappa shape index (κ1) is 9.93. The van der Waals surface area contributed by atoms with Gasteiger partial charge in [-0.1, -0.05) is 6.42 Å². The normalized spacial score (nSPS) is 24.9. The summed E-state index contributed by atoms with van der Waals surface area (Å²) < 4.78 is 4.98. The molecule has 2 aliphatic rings. The zero-order chi connectivity index (χ0) is 10.0. The highest BCUT2D eigenvalue weighted by molar-refractivity contribution is 5.83. The topological polar surface area (TPSA) is 58.6 Å².